The predicted octanol–water partition coefficient (Wildman–Crippen LogP) is 3.34. The Labute approximate surface area is 179 Å². The van der Waals surface area contributed by atoms with E-state index in [0.717, 1.165) is 29.6 Å². The lowest BCUT2D eigenvalue weighted by Crippen LogP contribution is -2.42. The Morgan fingerprint density at radius 3 is 2.45 bits per heavy atom. The molecule has 0 spiro atoms. The van der Waals surface area contributed by atoms with Crippen LogP contribution in [-0.2, 0) is 6.54 Å². The van der Waals surface area contributed by atoms with Crippen LogP contribution in [-0.4, -0.2) is 84.1 Å². The van der Waals surface area contributed by atoms with Gasteiger partial charge in [-0.25, -0.2) is 9.97 Å². The molecule has 2 fully saturated rings. The van der Waals surface area contributed by atoms with Crippen molar-refractivity contribution in [2.24, 2.45) is 0 Å². The van der Waals surface area contributed by atoms with Crippen LogP contribution >= 0.6 is 11.3 Å². The average molecular weight is 417 g/mol. The van der Waals surface area contributed by atoms with Gasteiger partial charge in [-0.15, -0.1) is 11.3 Å². The first-order valence-electron chi connectivity index (χ1n) is 11.1. The van der Waals surface area contributed by atoms with E-state index >= 15 is 0 Å². The zero-order valence-corrected chi connectivity index (χ0v) is 19.3. The summed E-state index contributed by atoms with van der Waals surface area (Å²) in [7, 11) is 4.30. The molecule has 1 N–H and O–H groups in total. The fourth-order valence-electron chi connectivity index (χ4n) is 4.45. The van der Waals surface area contributed by atoms with Crippen molar-refractivity contribution in [2.75, 3.05) is 58.7 Å². The molecule has 4 heterocycles. The lowest BCUT2D eigenvalue weighted by molar-refractivity contribution is 0.199. The quantitative estimate of drug-likeness (QED) is 0.747. The summed E-state index contributed by atoms with van der Waals surface area (Å²) in [5, 5.41) is 5.07. The normalized spacial score (nSPS) is 19.6. The maximum atomic E-state index is 5.03. The second-order valence-electron chi connectivity index (χ2n) is 9.00. The number of piperidine rings is 1. The lowest BCUT2D eigenvalue weighted by Gasteiger charge is -2.33. The van der Waals surface area contributed by atoms with Crippen molar-refractivity contribution in [3.8, 4) is 0 Å². The first kappa shape index (κ1) is 21.0. The fraction of sp³-hybridized carbons (Fsp3) is 0.727. The molecule has 0 unspecified atom stereocenters. The Morgan fingerprint density at radius 2 is 1.76 bits per heavy atom. The van der Waals surface area contributed by atoms with Gasteiger partial charge in [-0.05, 0) is 72.3 Å². The number of nitrogens with zero attached hydrogens (tertiary/aromatic N) is 5. The van der Waals surface area contributed by atoms with Crippen LogP contribution in [0.1, 0.15) is 41.9 Å². The Morgan fingerprint density at radius 1 is 1.03 bits per heavy atom. The second kappa shape index (κ2) is 9.25. The molecular weight excluding hydrogens is 380 g/mol. The summed E-state index contributed by atoms with van der Waals surface area (Å²) in [4.78, 5) is 19.8. The number of likely N-dealkylation sites (N-methyl/N-ethyl adjacent to an activating group) is 1. The third-order valence-electron chi connectivity index (χ3n) is 6.43. The monoisotopic (exact) mass is 416 g/mol. The Bertz CT molecular complexity index is 818. The minimum Gasteiger partial charge on any atom is -0.367 e. The molecule has 4 rings (SSSR count). The summed E-state index contributed by atoms with van der Waals surface area (Å²) in [5.41, 5.74) is 1.34. The summed E-state index contributed by atoms with van der Waals surface area (Å²) in [6, 6.07) is 0.503. The van der Waals surface area contributed by atoms with Crippen LogP contribution in [0.15, 0.2) is 0 Å². The molecule has 2 saturated heterocycles. The highest BCUT2D eigenvalue weighted by Gasteiger charge is 2.23. The van der Waals surface area contributed by atoms with E-state index < -0.39 is 0 Å². The minimum atomic E-state index is 0.503. The molecule has 2 aromatic rings. The number of likely N-dealkylation sites (tertiary alicyclic amines) is 2. The van der Waals surface area contributed by atoms with Gasteiger partial charge in [0, 0.05) is 37.1 Å². The summed E-state index contributed by atoms with van der Waals surface area (Å²) < 4.78 is 0. The molecule has 160 valence electrons. The lowest BCUT2D eigenvalue weighted by atomic mass is 10.0. The third-order valence-corrected chi connectivity index (χ3v) is 7.53. The van der Waals surface area contributed by atoms with Gasteiger partial charge in [-0.1, -0.05) is 0 Å². The molecule has 0 amide bonds. The highest BCUT2D eigenvalue weighted by molar-refractivity contribution is 7.18. The first-order chi connectivity index (χ1) is 14.0. The van der Waals surface area contributed by atoms with Crippen LogP contribution in [0.5, 0.6) is 0 Å². The standard InChI is InChI=1S/C22H36N6S/c1-16-17(2)29-22-20(16)21(24-19(25-22)15-28-9-5-6-10-28)23-18-7-11-27(12-8-18)14-13-26(3)4/h18H,5-15H2,1-4H3,(H,23,24,25). The number of aryl methyl sites for hydroxylation is 2. The SMILES string of the molecule is Cc1sc2nc(CN3CCCC3)nc(NC3CCN(CCN(C)C)CC3)c2c1C. The molecule has 0 aliphatic carbocycles. The maximum absolute atomic E-state index is 5.03. The van der Waals surface area contributed by atoms with E-state index in [1.165, 1.54) is 74.2 Å². The number of anilines is 1. The van der Waals surface area contributed by atoms with Gasteiger partial charge in [-0.2, -0.15) is 0 Å². The number of thiophene rings is 1. The van der Waals surface area contributed by atoms with E-state index in [1.807, 2.05) is 11.3 Å². The number of hydrogen-bond donors (Lipinski definition) is 1. The molecule has 6 nitrogen and oxygen atoms in total. The molecule has 2 aliphatic rings. The van der Waals surface area contributed by atoms with E-state index in [4.69, 9.17) is 9.97 Å². The molecule has 0 aromatic carbocycles. The number of aromatic nitrogens is 2. The van der Waals surface area contributed by atoms with E-state index in [1.54, 1.807) is 0 Å². The molecule has 2 aliphatic heterocycles. The largest absolute Gasteiger partial charge is 0.367 e. The Kier molecular flexibility index (Phi) is 6.69. The fourth-order valence-corrected chi connectivity index (χ4v) is 5.49. The molecule has 0 atom stereocenters. The zero-order chi connectivity index (χ0) is 20.4. The number of hydrogen-bond acceptors (Lipinski definition) is 7. The number of nitrogens with one attached hydrogen (secondary N) is 1. The van der Waals surface area contributed by atoms with Gasteiger partial charge in [0.15, 0.2) is 0 Å². The van der Waals surface area contributed by atoms with Gasteiger partial charge >= 0.3 is 0 Å². The van der Waals surface area contributed by atoms with Crippen molar-refractivity contribution in [3.63, 3.8) is 0 Å². The summed E-state index contributed by atoms with van der Waals surface area (Å²) >= 11 is 1.81. The summed E-state index contributed by atoms with van der Waals surface area (Å²) in [6.45, 7) is 12.3. The highest BCUT2D eigenvalue weighted by atomic mass is 32.1. The van der Waals surface area contributed by atoms with Crippen LogP contribution in [0, 0.1) is 13.8 Å². The number of rotatable bonds is 7. The van der Waals surface area contributed by atoms with Crippen LogP contribution in [0.4, 0.5) is 5.82 Å². The van der Waals surface area contributed by atoms with Gasteiger partial charge in [-0.3, -0.25) is 4.90 Å². The summed E-state index contributed by atoms with van der Waals surface area (Å²) in [6.07, 6.45) is 4.97. The van der Waals surface area contributed by atoms with E-state index in [9.17, 15) is 0 Å². The molecule has 0 radical (unpaired) electrons. The molecule has 29 heavy (non-hydrogen) atoms. The minimum absolute atomic E-state index is 0.503. The van der Waals surface area contributed by atoms with Crippen LogP contribution in [0.25, 0.3) is 10.2 Å². The van der Waals surface area contributed by atoms with Crippen molar-refractivity contribution < 1.29 is 0 Å². The molecular formula is C22H36N6S. The number of fused-ring (bicyclic) bond motifs is 1. The van der Waals surface area contributed by atoms with Crippen molar-refractivity contribution in [3.05, 3.63) is 16.3 Å². The zero-order valence-electron chi connectivity index (χ0n) is 18.5. The van der Waals surface area contributed by atoms with Crippen molar-refractivity contribution in [2.45, 2.75) is 52.1 Å². The second-order valence-corrected chi connectivity index (χ2v) is 10.2. The highest BCUT2D eigenvalue weighted by Crippen LogP contribution is 2.34. The van der Waals surface area contributed by atoms with Gasteiger partial charge in [0.1, 0.15) is 16.5 Å². The Hall–Kier alpha value is -1.28. The maximum Gasteiger partial charge on any atom is 0.146 e. The van der Waals surface area contributed by atoms with Crippen molar-refractivity contribution >= 4 is 27.4 Å². The average Bonchev–Trinajstić information content (AvgIpc) is 3.29. The van der Waals surface area contributed by atoms with E-state index in [-0.39, 0.29) is 0 Å². The van der Waals surface area contributed by atoms with Crippen molar-refractivity contribution in [1.82, 2.24) is 24.7 Å². The third kappa shape index (κ3) is 5.08. The molecule has 2 aromatic heterocycles. The van der Waals surface area contributed by atoms with Gasteiger partial charge in [0.2, 0.25) is 0 Å². The topological polar surface area (TPSA) is 47.5 Å². The summed E-state index contributed by atoms with van der Waals surface area (Å²) in [5.74, 6) is 2.05. The Balaban J connectivity index is 1.48. The van der Waals surface area contributed by atoms with E-state index in [0.29, 0.717) is 6.04 Å². The molecule has 0 bridgehead atoms. The first-order valence-corrected chi connectivity index (χ1v) is 11.9. The smallest absolute Gasteiger partial charge is 0.146 e. The van der Waals surface area contributed by atoms with Gasteiger partial charge in [0.05, 0.1) is 11.9 Å². The van der Waals surface area contributed by atoms with E-state index in [2.05, 4.69) is 48.0 Å². The van der Waals surface area contributed by atoms with Gasteiger partial charge < -0.3 is 15.1 Å². The predicted molar refractivity (Wildman–Crippen MR) is 123 cm³/mol. The van der Waals surface area contributed by atoms with Crippen LogP contribution in [0.2, 0.25) is 0 Å². The molecule has 0 saturated carbocycles. The van der Waals surface area contributed by atoms with Crippen molar-refractivity contribution in [1.29, 1.82) is 0 Å². The molecule has 7 heteroatoms. The van der Waals surface area contributed by atoms with Gasteiger partial charge in [0.25, 0.3) is 0 Å². The van der Waals surface area contributed by atoms with Crippen LogP contribution < -0.4 is 5.32 Å². The van der Waals surface area contributed by atoms with Crippen LogP contribution in [0.3, 0.4) is 0 Å².